The Bertz CT molecular complexity index is 1220. The quantitative estimate of drug-likeness (QED) is 0.491. The van der Waals surface area contributed by atoms with Crippen LogP contribution in [-0.2, 0) is 6.42 Å². The highest BCUT2D eigenvalue weighted by Gasteiger charge is 2.17. The lowest BCUT2D eigenvalue weighted by Gasteiger charge is -2.12. The average Bonchev–Trinajstić information content (AvgIpc) is 3.18. The number of aromatic carboxylic acids is 1. The Morgan fingerprint density at radius 1 is 1.07 bits per heavy atom. The number of hydrogen-bond donors (Lipinski definition) is 2. The van der Waals surface area contributed by atoms with Crippen LogP contribution in [0.3, 0.4) is 0 Å². The van der Waals surface area contributed by atoms with Gasteiger partial charge in [0.05, 0.1) is 22.6 Å². The molecule has 2 aromatic heterocycles. The van der Waals surface area contributed by atoms with Gasteiger partial charge in [-0.25, -0.2) is 9.78 Å². The zero-order chi connectivity index (χ0) is 21.1. The lowest BCUT2D eigenvalue weighted by Crippen LogP contribution is -2.09. The number of anilines is 2. The van der Waals surface area contributed by atoms with Crippen LogP contribution in [0.25, 0.3) is 17.1 Å². The van der Waals surface area contributed by atoms with Crippen LogP contribution >= 0.6 is 0 Å². The summed E-state index contributed by atoms with van der Waals surface area (Å²) in [7, 11) is 0. The lowest BCUT2D eigenvalue weighted by atomic mass is 10.1. The standard InChI is InChI=1S/C23H21N5O2/c1-3-16-7-6-8-17(13-16)20-14-21(26-19-10-5-4-9-18(19)23(29)30)28(27-20)22-15(2)24-11-12-25-22/h4-14,26H,3H2,1-2H3,(H,29,30). The first kappa shape index (κ1) is 19.3. The highest BCUT2D eigenvalue weighted by atomic mass is 16.4. The van der Waals surface area contributed by atoms with E-state index in [4.69, 9.17) is 5.10 Å². The fourth-order valence-electron chi connectivity index (χ4n) is 3.25. The van der Waals surface area contributed by atoms with Crippen LogP contribution in [0.5, 0.6) is 0 Å². The summed E-state index contributed by atoms with van der Waals surface area (Å²) < 4.78 is 1.66. The molecule has 0 saturated carbocycles. The van der Waals surface area contributed by atoms with Crippen molar-refractivity contribution < 1.29 is 9.90 Å². The number of carbonyl (C=O) groups is 1. The number of para-hydroxylation sites is 1. The summed E-state index contributed by atoms with van der Waals surface area (Å²) >= 11 is 0. The number of nitrogens with zero attached hydrogens (tertiary/aromatic N) is 4. The second-order valence-electron chi connectivity index (χ2n) is 6.82. The zero-order valence-corrected chi connectivity index (χ0v) is 16.7. The molecule has 30 heavy (non-hydrogen) atoms. The highest BCUT2D eigenvalue weighted by molar-refractivity contribution is 5.95. The molecule has 0 saturated heterocycles. The van der Waals surface area contributed by atoms with Gasteiger partial charge in [0.1, 0.15) is 5.82 Å². The predicted molar refractivity (Wildman–Crippen MR) is 115 cm³/mol. The van der Waals surface area contributed by atoms with Crippen molar-refractivity contribution in [2.24, 2.45) is 0 Å². The molecule has 0 amide bonds. The van der Waals surface area contributed by atoms with E-state index in [0.29, 0.717) is 23.0 Å². The second kappa shape index (κ2) is 8.16. The fraction of sp³-hybridized carbons (Fsp3) is 0.130. The largest absolute Gasteiger partial charge is 0.478 e. The molecule has 0 aliphatic heterocycles. The third kappa shape index (κ3) is 3.77. The Kier molecular flexibility index (Phi) is 5.26. The van der Waals surface area contributed by atoms with Crippen LogP contribution in [0.4, 0.5) is 11.5 Å². The van der Waals surface area contributed by atoms with Gasteiger partial charge in [-0.1, -0.05) is 37.3 Å². The van der Waals surface area contributed by atoms with Crippen molar-refractivity contribution in [1.82, 2.24) is 19.7 Å². The molecule has 0 aliphatic rings. The molecule has 0 radical (unpaired) electrons. The Hall–Kier alpha value is -4.00. The van der Waals surface area contributed by atoms with Crippen LogP contribution in [0, 0.1) is 6.92 Å². The Balaban J connectivity index is 1.85. The summed E-state index contributed by atoms with van der Waals surface area (Å²) in [6, 6.07) is 16.8. The molecule has 150 valence electrons. The van der Waals surface area contributed by atoms with E-state index in [1.54, 1.807) is 41.3 Å². The Morgan fingerprint density at radius 3 is 2.63 bits per heavy atom. The number of nitrogens with one attached hydrogen (secondary N) is 1. The minimum atomic E-state index is -1.00. The molecule has 2 heterocycles. The van der Waals surface area contributed by atoms with Crippen molar-refractivity contribution in [2.45, 2.75) is 20.3 Å². The van der Waals surface area contributed by atoms with Gasteiger partial charge in [0.15, 0.2) is 5.82 Å². The molecule has 7 heteroatoms. The monoisotopic (exact) mass is 399 g/mol. The summed E-state index contributed by atoms with van der Waals surface area (Å²) in [5, 5.41) is 17.5. The van der Waals surface area contributed by atoms with E-state index < -0.39 is 5.97 Å². The van der Waals surface area contributed by atoms with Gasteiger partial charge >= 0.3 is 5.97 Å². The Morgan fingerprint density at radius 2 is 1.87 bits per heavy atom. The maximum Gasteiger partial charge on any atom is 0.337 e. The molecule has 2 aromatic carbocycles. The molecule has 2 N–H and O–H groups in total. The molecule has 0 spiro atoms. The first-order valence-corrected chi connectivity index (χ1v) is 9.63. The SMILES string of the molecule is CCc1cccc(-c2cc(Nc3ccccc3C(=O)O)n(-c3nccnc3C)n2)c1. The van der Waals surface area contributed by atoms with E-state index in [-0.39, 0.29) is 5.56 Å². The van der Waals surface area contributed by atoms with Crippen molar-refractivity contribution in [3.05, 3.63) is 83.8 Å². The van der Waals surface area contributed by atoms with Gasteiger partial charge in [0.25, 0.3) is 0 Å². The summed E-state index contributed by atoms with van der Waals surface area (Å²) in [5.74, 6) is 0.172. The smallest absolute Gasteiger partial charge is 0.337 e. The number of carboxylic acid groups (broad SMARTS) is 1. The van der Waals surface area contributed by atoms with E-state index in [1.165, 1.54) is 5.56 Å². The van der Waals surface area contributed by atoms with Gasteiger partial charge < -0.3 is 10.4 Å². The summed E-state index contributed by atoms with van der Waals surface area (Å²) in [6.07, 6.45) is 4.16. The van der Waals surface area contributed by atoms with Crippen LogP contribution in [0.2, 0.25) is 0 Å². The molecule has 7 nitrogen and oxygen atoms in total. The van der Waals surface area contributed by atoms with E-state index in [9.17, 15) is 9.90 Å². The topological polar surface area (TPSA) is 92.9 Å². The maximum atomic E-state index is 11.6. The van der Waals surface area contributed by atoms with Crippen molar-refractivity contribution in [1.29, 1.82) is 0 Å². The van der Waals surface area contributed by atoms with Crippen LogP contribution in [-0.4, -0.2) is 30.8 Å². The molecular formula is C23H21N5O2. The van der Waals surface area contributed by atoms with E-state index in [1.807, 2.05) is 25.1 Å². The third-order valence-electron chi connectivity index (χ3n) is 4.82. The van der Waals surface area contributed by atoms with Crippen LogP contribution < -0.4 is 5.32 Å². The average molecular weight is 399 g/mol. The first-order valence-electron chi connectivity index (χ1n) is 9.63. The summed E-state index contributed by atoms with van der Waals surface area (Å²) in [5.41, 5.74) is 4.31. The zero-order valence-electron chi connectivity index (χ0n) is 16.7. The van der Waals surface area contributed by atoms with Crippen molar-refractivity contribution in [2.75, 3.05) is 5.32 Å². The molecule has 0 atom stereocenters. The van der Waals surface area contributed by atoms with Crippen LogP contribution in [0.1, 0.15) is 28.5 Å². The van der Waals surface area contributed by atoms with Crippen molar-refractivity contribution in [3.63, 3.8) is 0 Å². The highest BCUT2D eigenvalue weighted by Crippen LogP contribution is 2.29. The minimum absolute atomic E-state index is 0.177. The molecule has 0 aliphatic carbocycles. The van der Waals surface area contributed by atoms with E-state index in [0.717, 1.165) is 17.7 Å². The molecule has 0 bridgehead atoms. The molecule has 0 fully saturated rings. The molecule has 4 rings (SSSR count). The maximum absolute atomic E-state index is 11.6. The number of aromatic nitrogens is 4. The van der Waals surface area contributed by atoms with E-state index >= 15 is 0 Å². The Labute approximate surface area is 174 Å². The van der Waals surface area contributed by atoms with Gasteiger partial charge in [-0.15, -0.1) is 0 Å². The van der Waals surface area contributed by atoms with Gasteiger partial charge in [0.2, 0.25) is 0 Å². The number of carboxylic acids is 1. The molecular weight excluding hydrogens is 378 g/mol. The number of benzene rings is 2. The number of aryl methyl sites for hydroxylation is 2. The summed E-state index contributed by atoms with van der Waals surface area (Å²) in [4.78, 5) is 20.4. The summed E-state index contributed by atoms with van der Waals surface area (Å²) in [6.45, 7) is 3.97. The number of rotatable bonds is 6. The van der Waals surface area contributed by atoms with E-state index in [2.05, 4.69) is 34.3 Å². The number of hydrogen-bond acceptors (Lipinski definition) is 5. The van der Waals surface area contributed by atoms with Gasteiger partial charge in [0, 0.05) is 24.0 Å². The predicted octanol–water partition coefficient (Wildman–Crippen LogP) is 4.64. The lowest BCUT2D eigenvalue weighted by molar-refractivity contribution is 0.0698. The molecule has 4 aromatic rings. The van der Waals surface area contributed by atoms with Crippen molar-refractivity contribution >= 4 is 17.5 Å². The van der Waals surface area contributed by atoms with Gasteiger partial charge in [-0.2, -0.15) is 9.78 Å². The van der Waals surface area contributed by atoms with Crippen molar-refractivity contribution in [3.8, 4) is 17.1 Å². The molecule has 0 unspecified atom stereocenters. The van der Waals surface area contributed by atoms with Gasteiger partial charge in [-0.05, 0) is 37.1 Å². The second-order valence-corrected chi connectivity index (χ2v) is 6.82. The van der Waals surface area contributed by atoms with Crippen LogP contribution in [0.15, 0.2) is 67.0 Å². The first-order chi connectivity index (χ1) is 14.6. The minimum Gasteiger partial charge on any atom is -0.478 e. The normalized spacial score (nSPS) is 10.7. The van der Waals surface area contributed by atoms with Gasteiger partial charge in [-0.3, -0.25) is 4.98 Å². The third-order valence-corrected chi connectivity index (χ3v) is 4.82. The fourth-order valence-corrected chi connectivity index (χ4v) is 3.25.